The number of ether oxygens (including phenoxy) is 1. The van der Waals surface area contributed by atoms with Crippen molar-refractivity contribution in [2.75, 3.05) is 7.05 Å². The van der Waals surface area contributed by atoms with Gasteiger partial charge in [0, 0.05) is 18.5 Å². The van der Waals surface area contributed by atoms with E-state index in [1.54, 1.807) is 18.4 Å². The minimum atomic E-state index is 0. The van der Waals surface area contributed by atoms with Gasteiger partial charge in [-0.25, -0.2) is 4.98 Å². The molecule has 0 spiro atoms. The first kappa shape index (κ1) is 23.2. The first-order chi connectivity index (χ1) is 13.6. The van der Waals surface area contributed by atoms with Crippen LogP contribution in [-0.2, 0) is 19.7 Å². The summed E-state index contributed by atoms with van der Waals surface area (Å²) in [5, 5.41) is 7.79. The second-order valence-electron chi connectivity index (χ2n) is 6.44. The lowest BCUT2D eigenvalue weighted by Gasteiger charge is -2.12. The predicted octanol–water partition coefficient (Wildman–Crippen LogP) is 4.82. The van der Waals surface area contributed by atoms with E-state index < -0.39 is 0 Å². The molecule has 2 N–H and O–H groups in total. The van der Waals surface area contributed by atoms with Gasteiger partial charge in [-0.05, 0) is 37.1 Å². The van der Waals surface area contributed by atoms with E-state index in [1.807, 2.05) is 44.2 Å². The number of thiazole rings is 1. The minimum Gasteiger partial charge on any atom is -0.489 e. The monoisotopic (exact) mass is 522 g/mol. The third-order valence-electron chi connectivity index (χ3n) is 4.25. The highest BCUT2D eigenvalue weighted by Crippen LogP contribution is 2.17. The van der Waals surface area contributed by atoms with Crippen LogP contribution in [0.25, 0.3) is 0 Å². The average molecular weight is 522 g/mol. The minimum absolute atomic E-state index is 0. The molecule has 0 unspecified atom stereocenters. The van der Waals surface area contributed by atoms with E-state index in [9.17, 15) is 0 Å². The summed E-state index contributed by atoms with van der Waals surface area (Å²) in [6, 6.07) is 18.3. The van der Waals surface area contributed by atoms with Crippen LogP contribution in [0.15, 0.2) is 59.6 Å². The van der Waals surface area contributed by atoms with Crippen LogP contribution in [0.2, 0.25) is 0 Å². The number of rotatable bonds is 7. The highest BCUT2D eigenvalue weighted by molar-refractivity contribution is 14.0. The van der Waals surface area contributed by atoms with E-state index in [-0.39, 0.29) is 24.0 Å². The number of hydrogen-bond acceptors (Lipinski definition) is 4. The Labute approximate surface area is 193 Å². The van der Waals surface area contributed by atoms with Crippen molar-refractivity contribution in [1.82, 2.24) is 15.6 Å². The molecule has 29 heavy (non-hydrogen) atoms. The summed E-state index contributed by atoms with van der Waals surface area (Å²) in [5.41, 5.74) is 3.37. The molecule has 0 amide bonds. The van der Waals surface area contributed by atoms with Gasteiger partial charge in [0.25, 0.3) is 0 Å². The molecule has 0 aliphatic heterocycles. The van der Waals surface area contributed by atoms with Crippen LogP contribution in [0.3, 0.4) is 0 Å². The van der Waals surface area contributed by atoms with Crippen LogP contribution < -0.4 is 15.4 Å². The molecule has 3 aromatic rings. The van der Waals surface area contributed by atoms with Gasteiger partial charge in [0.2, 0.25) is 0 Å². The van der Waals surface area contributed by atoms with Gasteiger partial charge in [0.1, 0.15) is 12.4 Å². The van der Waals surface area contributed by atoms with E-state index >= 15 is 0 Å². The standard InChI is InChI=1S/C22H26N4OS.HI/c1-16-21(28-17(2)26-16)14-25-22(23-3)24-13-19-10-7-11-20(12-19)27-15-18-8-5-4-6-9-18;/h4-12H,13-15H2,1-3H3,(H2,23,24,25);1H. The number of benzene rings is 2. The Morgan fingerprint density at radius 2 is 1.72 bits per heavy atom. The molecule has 0 radical (unpaired) electrons. The van der Waals surface area contributed by atoms with Crippen molar-refractivity contribution >= 4 is 41.3 Å². The van der Waals surface area contributed by atoms with Gasteiger partial charge in [-0.1, -0.05) is 42.5 Å². The summed E-state index contributed by atoms with van der Waals surface area (Å²) in [7, 11) is 1.78. The third-order valence-corrected chi connectivity index (χ3v) is 5.32. The summed E-state index contributed by atoms with van der Waals surface area (Å²) >= 11 is 1.71. The van der Waals surface area contributed by atoms with Crippen LogP contribution in [0.1, 0.15) is 26.7 Å². The normalized spacial score (nSPS) is 10.9. The largest absolute Gasteiger partial charge is 0.489 e. The van der Waals surface area contributed by atoms with Gasteiger partial charge in [-0.3, -0.25) is 4.99 Å². The molecule has 1 aromatic heterocycles. The molecule has 7 heteroatoms. The third kappa shape index (κ3) is 7.32. The van der Waals surface area contributed by atoms with Crippen molar-refractivity contribution < 1.29 is 4.74 Å². The number of nitrogens with zero attached hydrogens (tertiary/aromatic N) is 2. The fourth-order valence-electron chi connectivity index (χ4n) is 2.79. The predicted molar refractivity (Wildman–Crippen MR) is 131 cm³/mol. The number of hydrogen-bond donors (Lipinski definition) is 2. The fourth-order valence-corrected chi connectivity index (χ4v) is 3.67. The smallest absolute Gasteiger partial charge is 0.191 e. The molecule has 0 saturated carbocycles. The molecule has 0 bridgehead atoms. The number of aryl methyl sites for hydroxylation is 2. The maximum atomic E-state index is 5.91. The fraction of sp³-hybridized carbons (Fsp3) is 0.273. The SMILES string of the molecule is CN=C(NCc1cccc(OCc2ccccc2)c1)NCc1sc(C)nc1C.I. The Morgan fingerprint density at radius 3 is 2.41 bits per heavy atom. The number of aromatic nitrogens is 1. The van der Waals surface area contributed by atoms with E-state index in [0.29, 0.717) is 13.2 Å². The Kier molecular flexibility index (Phi) is 9.40. The first-order valence-corrected chi connectivity index (χ1v) is 10.1. The van der Waals surface area contributed by atoms with Crippen molar-refractivity contribution in [3.05, 3.63) is 81.3 Å². The van der Waals surface area contributed by atoms with Gasteiger partial charge in [-0.2, -0.15) is 0 Å². The molecule has 0 fully saturated rings. The zero-order chi connectivity index (χ0) is 19.8. The van der Waals surface area contributed by atoms with Crippen LogP contribution >= 0.6 is 35.3 Å². The molecule has 2 aromatic carbocycles. The van der Waals surface area contributed by atoms with Gasteiger partial charge in [0.15, 0.2) is 5.96 Å². The lowest BCUT2D eigenvalue weighted by Crippen LogP contribution is -2.36. The molecule has 0 aliphatic carbocycles. The number of nitrogens with one attached hydrogen (secondary N) is 2. The Bertz CT molecular complexity index is 928. The van der Waals surface area contributed by atoms with Crippen molar-refractivity contribution in [2.45, 2.75) is 33.5 Å². The van der Waals surface area contributed by atoms with Crippen molar-refractivity contribution in [3.8, 4) is 5.75 Å². The molecule has 0 saturated heterocycles. The zero-order valence-electron chi connectivity index (χ0n) is 16.9. The number of halogens is 1. The van der Waals surface area contributed by atoms with E-state index in [1.165, 1.54) is 4.88 Å². The van der Waals surface area contributed by atoms with Gasteiger partial charge in [-0.15, -0.1) is 35.3 Å². The highest BCUT2D eigenvalue weighted by Gasteiger charge is 2.06. The number of aliphatic imine (C=N–C) groups is 1. The lowest BCUT2D eigenvalue weighted by molar-refractivity contribution is 0.306. The van der Waals surface area contributed by atoms with Crippen LogP contribution in [-0.4, -0.2) is 18.0 Å². The summed E-state index contributed by atoms with van der Waals surface area (Å²) in [5.74, 6) is 1.63. The van der Waals surface area contributed by atoms with E-state index in [4.69, 9.17) is 4.74 Å². The zero-order valence-corrected chi connectivity index (χ0v) is 20.1. The Hall–Kier alpha value is -2.13. The summed E-state index contributed by atoms with van der Waals surface area (Å²) in [6.45, 7) is 6.02. The van der Waals surface area contributed by atoms with Crippen molar-refractivity contribution in [2.24, 2.45) is 4.99 Å². The van der Waals surface area contributed by atoms with Gasteiger partial charge < -0.3 is 15.4 Å². The molecular formula is C22H27IN4OS. The first-order valence-electron chi connectivity index (χ1n) is 9.27. The molecule has 3 rings (SSSR count). The lowest BCUT2D eigenvalue weighted by atomic mass is 10.2. The van der Waals surface area contributed by atoms with Crippen LogP contribution in [0.4, 0.5) is 0 Å². The van der Waals surface area contributed by atoms with Crippen LogP contribution in [0, 0.1) is 13.8 Å². The van der Waals surface area contributed by atoms with Crippen LogP contribution in [0.5, 0.6) is 5.75 Å². The second-order valence-corrected chi connectivity index (χ2v) is 7.73. The summed E-state index contributed by atoms with van der Waals surface area (Å²) in [6.07, 6.45) is 0. The van der Waals surface area contributed by atoms with E-state index in [2.05, 4.69) is 44.9 Å². The summed E-state index contributed by atoms with van der Waals surface area (Å²) in [4.78, 5) is 10.00. The quantitative estimate of drug-likeness (QED) is 0.266. The highest BCUT2D eigenvalue weighted by atomic mass is 127. The van der Waals surface area contributed by atoms with Crippen molar-refractivity contribution in [3.63, 3.8) is 0 Å². The Morgan fingerprint density at radius 1 is 1.00 bits per heavy atom. The molecule has 5 nitrogen and oxygen atoms in total. The molecular weight excluding hydrogens is 495 g/mol. The molecule has 0 aliphatic rings. The second kappa shape index (κ2) is 11.8. The van der Waals surface area contributed by atoms with Gasteiger partial charge >= 0.3 is 0 Å². The van der Waals surface area contributed by atoms with E-state index in [0.717, 1.165) is 40.1 Å². The average Bonchev–Trinajstić information content (AvgIpc) is 3.04. The molecule has 1 heterocycles. The number of guanidine groups is 1. The molecule has 0 atom stereocenters. The maximum absolute atomic E-state index is 5.91. The van der Waals surface area contributed by atoms with Crippen molar-refractivity contribution in [1.29, 1.82) is 0 Å². The topological polar surface area (TPSA) is 58.5 Å². The van der Waals surface area contributed by atoms with Gasteiger partial charge in [0.05, 0.1) is 17.2 Å². The Balaban J connectivity index is 0.00000300. The molecule has 154 valence electrons. The maximum Gasteiger partial charge on any atom is 0.191 e. The summed E-state index contributed by atoms with van der Waals surface area (Å²) < 4.78 is 5.91.